The number of benzene rings is 1. The Morgan fingerprint density at radius 3 is 2.44 bits per heavy atom. The Hall–Kier alpha value is -0.910. The molecular weight excluding hydrogens is 296 g/mol. The van der Waals surface area contributed by atoms with Crippen LogP contribution in [0.15, 0.2) is 28.7 Å². The Balaban J connectivity index is 2.45. The third-order valence-corrected chi connectivity index (χ3v) is 3.41. The van der Waals surface area contributed by atoms with Crippen molar-refractivity contribution in [2.75, 3.05) is 11.9 Å². The van der Waals surface area contributed by atoms with Crippen LogP contribution in [0.1, 0.15) is 20.8 Å². The van der Waals surface area contributed by atoms with Gasteiger partial charge in [-0.25, -0.2) is 0 Å². The fourth-order valence-electron chi connectivity index (χ4n) is 1.19. The van der Waals surface area contributed by atoms with E-state index in [-0.39, 0.29) is 12.5 Å². The van der Waals surface area contributed by atoms with Gasteiger partial charge < -0.3 is 15.7 Å². The third-order valence-electron chi connectivity index (χ3n) is 2.88. The van der Waals surface area contributed by atoms with Crippen LogP contribution in [-0.2, 0) is 4.79 Å². The predicted molar refractivity (Wildman–Crippen MR) is 76.5 cm³/mol. The summed E-state index contributed by atoms with van der Waals surface area (Å²) in [4.78, 5) is 11.7. The van der Waals surface area contributed by atoms with Crippen molar-refractivity contribution in [3.8, 4) is 0 Å². The molecule has 0 bridgehead atoms. The van der Waals surface area contributed by atoms with Gasteiger partial charge in [-0.1, -0.05) is 15.9 Å². The first-order valence-electron chi connectivity index (χ1n) is 5.80. The number of amides is 1. The van der Waals surface area contributed by atoms with E-state index in [0.29, 0.717) is 0 Å². The molecule has 0 radical (unpaired) electrons. The molecule has 0 saturated heterocycles. The summed E-state index contributed by atoms with van der Waals surface area (Å²) in [6.07, 6.45) is -0.530. The van der Waals surface area contributed by atoms with Gasteiger partial charge in [0.1, 0.15) is 0 Å². The van der Waals surface area contributed by atoms with Crippen LogP contribution in [0.25, 0.3) is 0 Å². The van der Waals surface area contributed by atoms with Crippen LogP contribution >= 0.6 is 15.9 Å². The minimum atomic E-state index is -0.530. The normalized spacial score (nSPS) is 13.2. The van der Waals surface area contributed by atoms with Gasteiger partial charge in [-0.05, 0) is 45.0 Å². The summed E-state index contributed by atoms with van der Waals surface area (Å²) in [5.74, 6) is -0.133. The van der Waals surface area contributed by atoms with Crippen molar-refractivity contribution < 1.29 is 9.90 Å². The highest BCUT2D eigenvalue weighted by molar-refractivity contribution is 9.10. The summed E-state index contributed by atoms with van der Waals surface area (Å²) in [6, 6.07) is 7.37. The van der Waals surface area contributed by atoms with Crippen molar-refractivity contribution in [1.29, 1.82) is 0 Å². The molecule has 0 saturated carbocycles. The highest BCUT2D eigenvalue weighted by Gasteiger charge is 2.23. The third kappa shape index (κ3) is 4.76. The first kappa shape index (κ1) is 15.1. The Morgan fingerprint density at radius 2 is 1.94 bits per heavy atom. The number of hydrogen-bond donors (Lipinski definition) is 3. The zero-order valence-corrected chi connectivity index (χ0v) is 12.4. The van der Waals surface area contributed by atoms with E-state index in [2.05, 4.69) is 26.6 Å². The maximum Gasteiger partial charge on any atom is 0.238 e. The second-order valence-corrected chi connectivity index (χ2v) is 5.72. The lowest BCUT2D eigenvalue weighted by Crippen LogP contribution is -2.50. The summed E-state index contributed by atoms with van der Waals surface area (Å²) < 4.78 is 0.967. The van der Waals surface area contributed by atoms with Crippen LogP contribution in [0, 0.1) is 0 Å². The molecule has 0 aliphatic heterocycles. The zero-order chi connectivity index (χ0) is 13.8. The molecule has 0 fully saturated rings. The van der Waals surface area contributed by atoms with Gasteiger partial charge in [0.15, 0.2) is 0 Å². The molecule has 5 heteroatoms. The smallest absolute Gasteiger partial charge is 0.238 e. The van der Waals surface area contributed by atoms with Gasteiger partial charge in [-0.3, -0.25) is 4.79 Å². The summed E-state index contributed by atoms with van der Waals surface area (Å²) in [5, 5.41) is 15.3. The molecule has 1 aromatic carbocycles. The molecule has 3 N–H and O–H groups in total. The molecule has 0 aromatic heterocycles. The second-order valence-electron chi connectivity index (χ2n) is 4.81. The molecule has 1 aromatic rings. The van der Waals surface area contributed by atoms with Crippen molar-refractivity contribution in [2.45, 2.75) is 32.4 Å². The van der Waals surface area contributed by atoms with E-state index in [1.807, 2.05) is 38.1 Å². The molecule has 0 spiro atoms. The van der Waals surface area contributed by atoms with E-state index in [4.69, 9.17) is 0 Å². The zero-order valence-electron chi connectivity index (χ0n) is 10.8. The SMILES string of the molecule is CC(O)C(C)(C)NCC(=O)Nc1ccc(Br)cc1. The number of hydrogen-bond acceptors (Lipinski definition) is 3. The number of halogens is 1. The molecule has 4 nitrogen and oxygen atoms in total. The van der Waals surface area contributed by atoms with Crippen LogP contribution < -0.4 is 10.6 Å². The molecule has 0 aliphatic rings. The average Bonchev–Trinajstić information content (AvgIpc) is 2.29. The largest absolute Gasteiger partial charge is 0.392 e. The predicted octanol–water partition coefficient (Wildman–Crippen LogP) is 2.14. The van der Waals surface area contributed by atoms with Gasteiger partial charge in [0.25, 0.3) is 0 Å². The van der Waals surface area contributed by atoms with Crippen LogP contribution in [-0.4, -0.2) is 29.2 Å². The fourth-order valence-corrected chi connectivity index (χ4v) is 1.46. The number of aliphatic hydroxyl groups excluding tert-OH is 1. The molecule has 0 heterocycles. The average molecular weight is 315 g/mol. The Morgan fingerprint density at radius 1 is 1.39 bits per heavy atom. The lowest BCUT2D eigenvalue weighted by molar-refractivity contribution is -0.115. The first-order chi connectivity index (χ1) is 8.31. The van der Waals surface area contributed by atoms with Gasteiger partial charge >= 0.3 is 0 Å². The molecule has 1 rings (SSSR count). The van der Waals surface area contributed by atoms with Gasteiger partial charge in [0.05, 0.1) is 12.6 Å². The van der Waals surface area contributed by atoms with Gasteiger partial charge in [-0.2, -0.15) is 0 Å². The second kappa shape index (κ2) is 6.31. The van der Waals surface area contributed by atoms with E-state index >= 15 is 0 Å². The topological polar surface area (TPSA) is 61.4 Å². The van der Waals surface area contributed by atoms with Crippen LogP contribution in [0.4, 0.5) is 5.69 Å². The van der Waals surface area contributed by atoms with Crippen LogP contribution in [0.2, 0.25) is 0 Å². The van der Waals surface area contributed by atoms with Crippen LogP contribution in [0.5, 0.6) is 0 Å². The lowest BCUT2D eigenvalue weighted by Gasteiger charge is -2.29. The Kier molecular flexibility index (Phi) is 5.31. The van der Waals surface area contributed by atoms with Gasteiger partial charge in [0.2, 0.25) is 5.91 Å². The van der Waals surface area contributed by atoms with Gasteiger partial charge in [0, 0.05) is 15.7 Å². The summed E-state index contributed by atoms with van der Waals surface area (Å²) >= 11 is 3.33. The molecule has 1 unspecified atom stereocenters. The van der Waals surface area contributed by atoms with E-state index in [9.17, 15) is 9.90 Å². The first-order valence-corrected chi connectivity index (χ1v) is 6.59. The van der Waals surface area contributed by atoms with Gasteiger partial charge in [-0.15, -0.1) is 0 Å². The number of aliphatic hydroxyl groups is 1. The monoisotopic (exact) mass is 314 g/mol. The lowest BCUT2D eigenvalue weighted by atomic mass is 9.99. The van der Waals surface area contributed by atoms with Crippen molar-refractivity contribution in [1.82, 2.24) is 5.32 Å². The minimum Gasteiger partial charge on any atom is -0.392 e. The quantitative estimate of drug-likeness (QED) is 0.780. The molecule has 1 amide bonds. The maximum absolute atomic E-state index is 11.7. The molecule has 1 atom stereocenters. The Labute approximate surface area is 116 Å². The summed E-state index contributed by atoms with van der Waals surface area (Å²) in [6.45, 7) is 5.56. The number of carbonyl (C=O) groups is 1. The molecule has 0 aliphatic carbocycles. The highest BCUT2D eigenvalue weighted by atomic mass is 79.9. The van der Waals surface area contributed by atoms with Crippen LogP contribution in [0.3, 0.4) is 0 Å². The van der Waals surface area contributed by atoms with Crippen molar-refractivity contribution in [3.63, 3.8) is 0 Å². The summed E-state index contributed by atoms with van der Waals surface area (Å²) in [5.41, 5.74) is 0.261. The van der Waals surface area contributed by atoms with E-state index in [1.54, 1.807) is 6.92 Å². The number of carbonyl (C=O) groups excluding carboxylic acids is 1. The molecule has 100 valence electrons. The molecular formula is C13H19BrN2O2. The molecule has 18 heavy (non-hydrogen) atoms. The highest BCUT2D eigenvalue weighted by Crippen LogP contribution is 2.14. The Bertz CT molecular complexity index is 402. The van der Waals surface area contributed by atoms with E-state index in [1.165, 1.54) is 0 Å². The minimum absolute atomic E-state index is 0.133. The van der Waals surface area contributed by atoms with Crippen molar-refractivity contribution in [3.05, 3.63) is 28.7 Å². The van der Waals surface area contributed by atoms with Crippen molar-refractivity contribution >= 4 is 27.5 Å². The standard InChI is InChI=1S/C13H19BrN2O2/c1-9(17)13(2,3)15-8-12(18)16-11-6-4-10(14)5-7-11/h4-7,9,15,17H,8H2,1-3H3,(H,16,18). The number of rotatable bonds is 5. The van der Waals surface area contributed by atoms with Crippen molar-refractivity contribution in [2.24, 2.45) is 0 Å². The van der Waals surface area contributed by atoms with E-state index < -0.39 is 11.6 Å². The number of anilines is 1. The van der Waals surface area contributed by atoms with E-state index in [0.717, 1.165) is 10.2 Å². The fraction of sp³-hybridized carbons (Fsp3) is 0.462. The summed E-state index contributed by atoms with van der Waals surface area (Å²) in [7, 11) is 0. The maximum atomic E-state index is 11.7. The number of nitrogens with one attached hydrogen (secondary N) is 2.